The largest absolute Gasteiger partial charge is 0.508 e. The number of aryl methyl sites for hydroxylation is 1. The summed E-state index contributed by atoms with van der Waals surface area (Å²) in [6, 6.07) is 5.77. The Hall–Kier alpha value is -4.56. The maximum absolute atomic E-state index is 14.3. The van der Waals surface area contributed by atoms with Gasteiger partial charge in [-0.05, 0) is 129 Å². The van der Waals surface area contributed by atoms with E-state index >= 15 is 0 Å². The van der Waals surface area contributed by atoms with Crippen molar-refractivity contribution in [2.45, 2.75) is 122 Å². The lowest BCUT2D eigenvalue weighted by molar-refractivity contribution is -0.120. The van der Waals surface area contributed by atoms with Gasteiger partial charge in [0.1, 0.15) is 11.9 Å². The lowest BCUT2D eigenvalue weighted by Gasteiger charge is -2.50. The number of rotatable bonds is 7. The zero-order chi connectivity index (χ0) is 44.3. The van der Waals surface area contributed by atoms with Crippen LogP contribution >= 0.6 is 0 Å². The molecule has 13 nitrogen and oxygen atoms in total. The van der Waals surface area contributed by atoms with E-state index in [1.165, 1.54) is 31.4 Å². The highest BCUT2D eigenvalue weighted by molar-refractivity contribution is 6.23. The third kappa shape index (κ3) is 9.75. The summed E-state index contributed by atoms with van der Waals surface area (Å²) < 4.78 is 16.9. The van der Waals surface area contributed by atoms with Gasteiger partial charge in [-0.15, -0.1) is 0 Å². The molecule has 2 fully saturated rings. The van der Waals surface area contributed by atoms with Crippen LogP contribution in [-0.4, -0.2) is 90.2 Å². The van der Waals surface area contributed by atoms with E-state index in [1.54, 1.807) is 38.1 Å². The van der Waals surface area contributed by atoms with Gasteiger partial charge in [-0.25, -0.2) is 4.79 Å². The second-order valence-corrected chi connectivity index (χ2v) is 18.4. The number of amides is 2. The number of allylic oxidation sites excluding steroid dienone is 4. The molecule has 1 aromatic rings. The molecule has 5 aliphatic rings. The first-order chi connectivity index (χ1) is 29.0. The van der Waals surface area contributed by atoms with Crippen molar-refractivity contribution in [3.8, 4) is 5.75 Å². The van der Waals surface area contributed by atoms with Gasteiger partial charge in [-0.2, -0.15) is 0 Å². The fraction of sp³-hybridized carbons (Fsp3) is 0.583. The van der Waals surface area contributed by atoms with Gasteiger partial charge in [0.15, 0.2) is 6.10 Å². The van der Waals surface area contributed by atoms with Crippen molar-refractivity contribution in [2.24, 2.45) is 40.7 Å². The Kier molecular flexibility index (Phi) is 14.5. The standard InChI is InChI=1S/C48H65N3O10/c1-25-19-35-41(50-18-16-30-23-36-34-13-11-29-22-31(52)12-14-32(29)33(34)15-17-48(36,5)45(30)56)38(53)24-37(43(35)55)51-46(57)26(2)9-8-10-39(59-6)44(61-47(49)58)28(4)21-27(3)42(54)40(20-25)60-7/h8-10,12,14,21-22,24-25,27,30,33-34,36,39-40,42,44-45,50,52,54,56H,11,13,15-20,23H2,1-7H3,(H2,49,58)(H,51,57)/b10-8-,26-9+,28-21+/t25-,27-,30+,33?,34?,36?,39+,40-,42+,44+,45-,48-/m0/s1. The van der Waals surface area contributed by atoms with Crippen molar-refractivity contribution >= 4 is 23.6 Å². The van der Waals surface area contributed by atoms with Crippen LogP contribution in [-0.2, 0) is 35.0 Å². The van der Waals surface area contributed by atoms with Crippen LogP contribution in [0.1, 0.15) is 96.6 Å². The average Bonchev–Trinajstić information content (AvgIpc) is 3.48. The molecule has 4 aliphatic carbocycles. The predicted molar refractivity (Wildman–Crippen MR) is 230 cm³/mol. The fourth-order valence-electron chi connectivity index (χ4n) is 11.2. The molecule has 1 heterocycles. The van der Waals surface area contributed by atoms with E-state index in [-0.39, 0.29) is 46.2 Å². The molecule has 3 unspecified atom stereocenters. The second kappa shape index (κ2) is 19.2. The minimum absolute atomic E-state index is 0.00510. The van der Waals surface area contributed by atoms with Gasteiger partial charge in [0.2, 0.25) is 11.6 Å². The Labute approximate surface area is 359 Å². The summed E-state index contributed by atoms with van der Waals surface area (Å²) in [5.41, 5.74) is 8.86. The number of aliphatic hydroxyl groups excluding tert-OH is 2. The molecule has 0 saturated heterocycles. The molecule has 0 radical (unpaired) electrons. The molecule has 2 amide bonds. The number of ether oxygens (including phenoxy) is 3. The summed E-state index contributed by atoms with van der Waals surface area (Å²) in [6.45, 7) is 9.64. The number of carbonyl (C=O) groups is 4. The summed E-state index contributed by atoms with van der Waals surface area (Å²) in [4.78, 5) is 53.6. The van der Waals surface area contributed by atoms with E-state index in [0.717, 1.165) is 38.2 Å². The van der Waals surface area contributed by atoms with E-state index < -0.39 is 60.0 Å². The first kappa shape index (κ1) is 46.0. The van der Waals surface area contributed by atoms with E-state index in [1.807, 2.05) is 19.9 Å². The third-order valence-electron chi connectivity index (χ3n) is 14.4. The lowest BCUT2D eigenvalue weighted by atomic mass is 9.55. The number of carbonyl (C=O) groups excluding carboxylic acids is 4. The molecule has 13 heteroatoms. The average molecular weight is 844 g/mol. The number of hydrogen-bond donors (Lipinski definition) is 6. The van der Waals surface area contributed by atoms with Crippen LogP contribution in [0.4, 0.5) is 4.79 Å². The minimum Gasteiger partial charge on any atom is -0.508 e. The molecule has 0 spiro atoms. The van der Waals surface area contributed by atoms with Crippen molar-refractivity contribution in [3.05, 3.63) is 87.8 Å². The zero-order valence-electron chi connectivity index (χ0n) is 36.6. The highest BCUT2D eigenvalue weighted by atomic mass is 16.6. The number of hydrogen-bond acceptors (Lipinski definition) is 11. The van der Waals surface area contributed by atoms with Crippen molar-refractivity contribution in [1.82, 2.24) is 10.6 Å². The molecule has 2 saturated carbocycles. The van der Waals surface area contributed by atoms with Gasteiger partial charge >= 0.3 is 6.09 Å². The monoisotopic (exact) mass is 843 g/mol. The molecule has 6 rings (SSSR count). The number of methoxy groups -OCH3 is 2. The fourth-order valence-corrected chi connectivity index (χ4v) is 11.2. The van der Waals surface area contributed by atoms with Crippen molar-refractivity contribution < 1.29 is 48.7 Å². The van der Waals surface area contributed by atoms with Crippen LogP contribution in [0.5, 0.6) is 5.75 Å². The Morgan fingerprint density at radius 2 is 1.82 bits per heavy atom. The molecule has 2 bridgehead atoms. The number of primary amides is 1. The highest BCUT2D eigenvalue weighted by Gasteiger charge is 2.57. The number of aromatic hydroxyl groups is 1. The first-order valence-electron chi connectivity index (χ1n) is 21.8. The van der Waals surface area contributed by atoms with Crippen LogP contribution < -0.4 is 16.4 Å². The first-order valence-corrected chi connectivity index (χ1v) is 21.8. The van der Waals surface area contributed by atoms with Crippen LogP contribution in [0.3, 0.4) is 0 Å². The molecular weight excluding hydrogens is 779 g/mol. The van der Waals surface area contributed by atoms with Gasteiger partial charge in [0.25, 0.3) is 5.91 Å². The van der Waals surface area contributed by atoms with Gasteiger partial charge < -0.3 is 45.9 Å². The number of nitrogens with two attached hydrogens (primary N) is 1. The van der Waals surface area contributed by atoms with Crippen molar-refractivity contribution in [1.29, 1.82) is 0 Å². The van der Waals surface area contributed by atoms with Crippen LogP contribution in [0.25, 0.3) is 0 Å². The Morgan fingerprint density at radius 3 is 2.52 bits per heavy atom. The minimum atomic E-state index is -1.01. The number of ketones is 2. The Balaban J connectivity index is 1.23. The molecular formula is C48H65N3O10. The smallest absolute Gasteiger partial charge is 0.405 e. The SMILES string of the molecule is CO[C@H]1C[C@@H](C)CC2=C(NCC[C@@H]3CC4C5CCc6cc(O)ccc6C5CC[C@]4(C)[C@H]3O)C(=O)C=C(NC(=O)/C(C)=C/C=C\[C@@H](OC)[C@H](OC(N)=O)/C(C)=C/[C@H](C)[C@H]1O)C2=O. The maximum Gasteiger partial charge on any atom is 0.405 e. The quantitative estimate of drug-likeness (QED) is 0.147. The number of benzene rings is 1. The number of Topliss-reactive ketones (excluding diaryl/α,β-unsaturated/α-hetero) is 1. The molecule has 12 atom stereocenters. The zero-order valence-corrected chi connectivity index (χ0v) is 36.6. The maximum atomic E-state index is 14.3. The van der Waals surface area contributed by atoms with Gasteiger partial charge in [0, 0.05) is 43.9 Å². The van der Waals surface area contributed by atoms with E-state index in [0.29, 0.717) is 48.5 Å². The van der Waals surface area contributed by atoms with E-state index in [4.69, 9.17) is 19.9 Å². The molecule has 332 valence electrons. The summed E-state index contributed by atoms with van der Waals surface area (Å²) in [5, 5.41) is 39.5. The van der Waals surface area contributed by atoms with E-state index in [9.17, 15) is 34.5 Å². The van der Waals surface area contributed by atoms with Gasteiger partial charge in [-0.3, -0.25) is 14.4 Å². The van der Waals surface area contributed by atoms with Gasteiger partial charge in [-0.1, -0.05) is 51.1 Å². The predicted octanol–water partition coefficient (Wildman–Crippen LogP) is 5.59. The molecule has 61 heavy (non-hydrogen) atoms. The van der Waals surface area contributed by atoms with Crippen molar-refractivity contribution in [2.75, 3.05) is 20.8 Å². The Bertz CT molecular complexity index is 2020. The summed E-state index contributed by atoms with van der Waals surface area (Å²) >= 11 is 0. The van der Waals surface area contributed by atoms with Gasteiger partial charge in [0.05, 0.1) is 29.7 Å². The summed E-state index contributed by atoms with van der Waals surface area (Å²) in [6.07, 6.45) is 8.51. The number of nitrogens with one attached hydrogen (secondary N) is 2. The second-order valence-electron chi connectivity index (χ2n) is 18.4. The number of phenolic OH excluding ortho intramolecular Hbond substituents is 1. The molecule has 7 N–H and O–H groups in total. The number of fused-ring (bicyclic) bond motifs is 7. The normalized spacial score (nSPS) is 37.2. The topological polar surface area (TPSA) is 207 Å². The third-order valence-corrected chi connectivity index (χ3v) is 14.4. The lowest BCUT2D eigenvalue weighted by Crippen LogP contribution is -2.44. The van der Waals surface area contributed by atoms with E-state index in [2.05, 4.69) is 23.6 Å². The number of phenols is 1. The van der Waals surface area contributed by atoms with Crippen LogP contribution in [0, 0.1) is 35.0 Å². The Morgan fingerprint density at radius 1 is 1.07 bits per heavy atom. The van der Waals surface area contributed by atoms with Crippen molar-refractivity contribution in [3.63, 3.8) is 0 Å². The van der Waals surface area contributed by atoms with Crippen LogP contribution in [0.2, 0.25) is 0 Å². The van der Waals surface area contributed by atoms with Crippen LogP contribution in [0.15, 0.2) is 76.7 Å². The molecule has 1 aliphatic heterocycles. The number of aliphatic hydroxyl groups is 2. The molecule has 0 aromatic heterocycles. The summed E-state index contributed by atoms with van der Waals surface area (Å²) in [7, 11) is 2.94. The highest BCUT2D eigenvalue weighted by Crippen LogP contribution is 2.62. The molecule has 1 aromatic carbocycles. The summed E-state index contributed by atoms with van der Waals surface area (Å²) in [5.74, 6) is -0.723.